The molecule has 0 aromatic heterocycles. The Labute approximate surface area is 207 Å². The summed E-state index contributed by atoms with van der Waals surface area (Å²) in [6.07, 6.45) is 0.147. The monoisotopic (exact) mass is 500 g/mol. The van der Waals surface area contributed by atoms with Crippen LogP contribution in [-0.2, 0) is 21.3 Å². The number of methoxy groups -OCH3 is 1. The van der Waals surface area contributed by atoms with Crippen LogP contribution in [0.15, 0.2) is 42.5 Å². The summed E-state index contributed by atoms with van der Waals surface area (Å²) in [5.41, 5.74) is 2.36. The summed E-state index contributed by atoms with van der Waals surface area (Å²) in [6.45, 7) is 6.14. The Hall–Kier alpha value is -3.45. The molecule has 0 radical (unpaired) electrons. The number of rotatable bonds is 9. The largest absolute Gasteiger partial charge is 0.497 e. The van der Waals surface area contributed by atoms with Gasteiger partial charge in [-0.2, -0.15) is 5.26 Å². The zero-order valence-electron chi connectivity index (χ0n) is 20.4. The number of carbonyl (C=O) groups is 1. The van der Waals surface area contributed by atoms with Crippen LogP contribution in [0.2, 0.25) is 0 Å². The first kappa shape index (κ1) is 26.2. The molecule has 0 unspecified atom stereocenters. The Bertz CT molecular complexity index is 1150. The second kappa shape index (κ2) is 11.8. The fourth-order valence-electron chi connectivity index (χ4n) is 4.00. The van der Waals surface area contributed by atoms with Crippen LogP contribution < -0.4 is 13.9 Å². The van der Waals surface area contributed by atoms with Crippen molar-refractivity contribution in [1.82, 2.24) is 4.90 Å². The molecule has 2 aromatic rings. The molecule has 35 heavy (non-hydrogen) atoms. The van der Waals surface area contributed by atoms with Crippen molar-refractivity contribution in [2.24, 2.45) is 0 Å². The van der Waals surface area contributed by atoms with Crippen LogP contribution in [0.25, 0.3) is 0 Å². The van der Waals surface area contributed by atoms with E-state index in [9.17, 15) is 18.5 Å². The normalized spacial score (nSPS) is 13.8. The van der Waals surface area contributed by atoms with E-state index >= 15 is 0 Å². The Kier molecular flexibility index (Phi) is 8.82. The minimum absolute atomic E-state index is 0.00259. The SMILES string of the molecule is CCCS(=O)(=O)N(Cc1ccc(OC)cc1)c1ccc(N2CCN(C(=O)OCC)CC2)c(C#N)c1. The van der Waals surface area contributed by atoms with Gasteiger partial charge in [-0.3, -0.25) is 4.31 Å². The highest BCUT2D eigenvalue weighted by atomic mass is 32.2. The number of carbonyl (C=O) groups excluding carboxylic acids is 1. The van der Waals surface area contributed by atoms with Gasteiger partial charge < -0.3 is 19.3 Å². The summed E-state index contributed by atoms with van der Waals surface area (Å²) in [5.74, 6) is 0.693. The third kappa shape index (κ3) is 6.36. The van der Waals surface area contributed by atoms with Gasteiger partial charge in [-0.05, 0) is 49.2 Å². The molecule has 10 heteroatoms. The molecule has 1 fully saturated rings. The van der Waals surface area contributed by atoms with Gasteiger partial charge in [0.2, 0.25) is 10.0 Å². The average molecular weight is 501 g/mol. The van der Waals surface area contributed by atoms with E-state index in [0.29, 0.717) is 56.2 Å². The molecule has 0 N–H and O–H groups in total. The van der Waals surface area contributed by atoms with Crippen LogP contribution in [-0.4, -0.2) is 65.1 Å². The molecule has 0 bridgehead atoms. The third-order valence-corrected chi connectivity index (χ3v) is 7.75. The van der Waals surface area contributed by atoms with Crippen LogP contribution >= 0.6 is 0 Å². The van der Waals surface area contributed by atoms with Gasteiger partial charge >= 0.3 is 6.09 Å². The number of benzene rings is 2. The number of piperazine rings is 1. The average Bonchev–Trinajstić information content (AvgIpc) is 2.87. The number of hydrogen-bond donors (Lipinski definition) is 0. The molecular formula is C25H32N4O5S. The standard InChI is InChI=1S/C25H32N4O5S/c1-4-16-35(31,32)29(19-20-6-9-23(33-3)10-7-20)22-8-11-24(21(17-22)18-26)27-12-14-28(15-13-27)25(30)34-5-2/h6-11,17H,4-5,12-16,19H2,1-3H3. The lowest BCUT2D eigenvalue weighted by Gasteiger charge is -2.36. The Morgan fingerprint density at radius 1 is 1.09 bits per heavy atom. The van der Waals surface area contributed by atoms with E-state index in [2.05, 4.69) is 6.07 Å². The van der Waals surface area contributed by atoms with Crippen molar-refractivity contribution in [2.45, 2.75) is 26.8 Å². The molecule has 1 aliphatic rings. The molecule has 3 rings (SSSR count). The maximum atomic E-state index is 13.2. The summed E-state index contributed by atoms with van der Waals surface area (Å²) >= 11 is 0. The zero-order chi connectivity index (χ0) is 25.4. The molecule has 0 spiro atoms. The predicted octanol–water partition coefficient (Wildman–Crippen LogP) is 3.59. The topological polar surface area (TPSA) is 103 Å². The van der Waals surface area contributed by atoms with Crippen molar-refractivity contribution in [1.29, 1.82) is 5.26 Å². The highest BCUT2D eigenvalue weighted by molar-refractivity contribution is 7.92. The van der Waals surface area contributed by atoms with Crippen LogP contribution in [0.4, 0.5) is 16.2 Å². The number of hydrogen-bond acceptors (Lipinski definition) is 7. The first-order chi connectivity index (χ1) is 16.8. The number of ether oxygens (including phenoxy) is 2. The van der Waals surface area contributed by atoms with Gasteiger partial charge in [0.05, 0.1) is 43.0 Å². The molecule has 1 heterocycles. The van der Waals surface area contributed by atoms with E-state index < -0.39 is 10.0 Å². The van der Waals surface area contributed by atoms with E-state index in [1.165, 1.54) is 4.31 Å². The van der Waals surface area contributed by atoms with E-state index in [1.807, 2.05) is 24.0 Å². The number of nitrogens with zero attached hydrogens (tertiary/aromatic N) is 4. The Morgan fingerprint density at radius 2 is 1.77 bits per heavy atom. The number of sulfonamides is 1. The maximum absolute atomic E-state index is 13.2. The molecule has 0 saturated carbocycles. The lowest BCUT2D eigenvalue weighted by atomic mass is 10.1. The summed E-state index contributed by atoms with van der Waals surface area (Å²) in [4.78, 5) is 15.7. The second-order valence-electron chi connectivity index (χ2n) is 8.16. The van der Waals surface area contributed by atoms with Gasteiger partial charge in [0, 0.05) is 26.2 Å². The van der Waals surface area contributed by atoms with Crippen molar-refractivity contribution in [2.75, 3.05) is 54.9 Å². The minimum Gasteiger partial charge on any atom is -0.497 e. The van der Waals surface area contributed by atoms with E-state index in [-0.39, 0.29) is 18.4 Å². The molecule has 1 amide bonds. The molecule has 0 aliphatic carbocycles. The second-order valence-corrected chi connectivity index (χ2v) is 10.2. The molecule has 9 nitrogen and oxygen atoms in total. The van der Waals surface area contributed by atoms with Gasteiger partial charge in [0.25, 0.3) is 0 Å². The van der Waals surface area contributed by atoms with Gasteiger partial charge in [0.1, 0.15) is 11.8 Å². The van der Waals surface area contributed by atoms with Crippen molar-refractivity contribution in [3.63, 3.8) is 0 Å². The molecular weight excluding hydrogens is 468 g/mol. The lowest BCUT2D eigenvalue weighted by Crippen LogP contribution is -2.49. The van der Waals surface area contributed by atoms with Crippen LogP contribution in [0.3, 0.4) is 0 Å². The van der Waals surface area contributed by atoms with Crippen molar-refractivity contribution < 1.29 is 22.7 Å². The zero-order valence-corrected chi connectivity index (χ0v) is 21.3. The quantitative estimate of drug-likeness (QED) is 0.518. The van der Waals surface area contributed by atoms with Gasteiger partial charge in [-0.15, -0.1) is 0 Å². The predicted molar refractivity (Wildman–Crippen MR) is 135 cm³/mol. The molecule has 188 valence electrons. The van der Waals surface area contributed by atoms with Gasteiger partial charge in [-0.1, -0.05) is 19.1 Å². The highest BCUT2D eigenvalue weighted by Crippen LogP contribution is 2.30. The summed E-state index contributed by atoms with van der Waals surface area (Å²) in [5, 5.41) is 9.88. The maximum Gasteiger partial charge on any atom is 0.409 e. The summed E-state index contributed by atoms with van der Waals surface area (Å²) in [7, 11) is -2.03. The first-order valence-corrected chi connectivity index (χ1v) is 13.3. The highest BCUT2D eigenvalue weighted by Gasteiger charge is 2.26. The van der Waals surface area contributed by atoms with Crippen LogP contribution in [0.1, 0.15) is 31.4 Å². The van der Waals surface area contributed by atoms with Gasteiger partial charge in [0.15, 0.2) is 0 Å². The van der Waals surface area contributed by atoms with Gasteiger partial charge in [-0.25, -0.2) is 13.2 Å². The van der Waals surface area contributed by atoms with Crippen molar-refractivity contribution in [3.8, 4) is 11.8 Å². The molecule has 0 atom stereocenters. The number of nitriles is 1. The van der Waals surface area contributed by atoms with Crippen LogP contribution in [0, 0.1) is 11.3 Å². The van der Waals surface area contributed by atoms with Crippen LogP contribution in [0.5, 0.6) is 5.75 Å². The summed E-state index contributed by atoms with van der Waals surface area (Å²) < 4.78 is 37.9. The van der Waals surface area contributed by atoms with Crippen molar-refractivity contribution >= 4 is 27.5 Å². The summed E-state index contributed by atoms with van der Waals surface area (Å²) in [6, 6.07) is 14.6. The van der Waals surface area contributed by atoms with E-state index in [4.69, 9.17) is 9.47 Å². The smallest absolute Gasteiger partial charge is 0.409 e. The fraction of sp³-hybridized carbons (Fsp3) is 0.440. The van der Waals surface area contributed by atoms with Crippen molar-refractivity contribution in [3.05, 3.63) is 53.6 Å². The molecule has 1 aliphatic heterocycles. The number of amides is 1. The van der Waals surface area contributed by atoms with E-state index in [1.54, 1.807) is 49.3 Å². The van der Waals surface area contributed by atoms with E-state index in [0.717, 1.165) is 11.3 Å². The Balaban J connectivity index is 1.86. The molecule has 2 aromatic carbocycles. The Morgan fingerprint density at radius 3 is 2.34 bits per heavy atom. The lowest BCUT2D eigenvalue weighted by molar-refractivity contribution is 0.105. The molecule has 1 saturated heterocycles. The first-order valence-electron chi connectivity index (χ1n) is 11.7. The fourth-order valence-corrected chi connectivity index (χ4v) is 5.52. The minimum atomic E-state index is -3.60. The number of anilines is 2. The third-order valence-electron chi connectivity index (χ3n) is 5.82.